The standard InChI is InChI=1S/C11H22N2O2/c1-8(7-15-2)6-13-11(14)9-3-4-10(12)5-9/h8-10H,3-7,12H2,1-2H3,(H,13,14). The van der Waals surface area contributed by atoms with Crippen LogP contribution in [-0.4, -0.2) is 32.2 Å². The number of nitrogens with one attached hydrogen (secondary N) is 1. The van der Waals surface area contributed by atoms with Crippen LogP contribution in [0.3, 0.4) is 0 Å². The fourth-order valence-electron chi connectivity index (χ4n) is 2.02. The zero-order chi connectivity index (χ0) is 11.3. The van der Waals surface area contributed by atoms with Gasteiger partial charge in [0.15, 0.2) is 0 Å². The Morgan fingerprint density at radius 1 is 1.60 bits per heavy atom. The summed E-state index contributed by atoms with van der Waals surface area (Å²) in [6.07, 6.45) is 2.75. The molecular weight excluding hydrogens is 192 g/mol. The molecule has 0 spiro atoms. The number of methoxy groups -OCH3 is 1. The van der Waals surface area contributed by atoms with E-state index in [2.05, 4.69) is 12.2 Å². The highest BCUT2D eigenvalue weighted by atomic mass is 16.5. The molecule has 3 N–H and O–H groups in total. The smallest absolute Gasteiger partial charge is 0.223 e. The molecule has 0 saturated heterocycles. The molecule has 1 aliphatic rings. The average molecular weight is 214 g/mol. The number of ether oxygens (including phenoxy) is 1. The van der Waals surface area contributed by atoms with Gasteiger partial charge in [0, 0.05) is 25.6 Å². The SMILES string of the molecule is COCC(C)CNC(=O)C1CCC(N)C1. The summed E-state index contributed by atoms with van der Waals surface area (Å²) in [5, 5.41) is 2.96. The van der Waals surface area contributed by atoms with Crippen LogP contribution in [0.4, 0.5) is 0 Å². The third-order valence-corrected chi connectivity index (χ3v) is 2.92. The van der Waals surface area contributed by atoms with Crippen molar-refractivity contribution in [3.8, 4) is 0 Å². The molecule has 1 rings (SSSR count). The van der Waals surface area contributed by atoms with Gasteiger partial charge in [0.2, 0.25) is 5.91 Å². The van der Waals surface area contributed by atoms with Crippen LogP contribution in [0.2, 0.25) is 0 Å². The van der Waals surface area contributed by atoms with Gasteiger partial charge >= 0.3 is 0 Å². The van der Waals surface area contributed by atoms with E-state index in [1.54, 1.807) is 7.11 Å². The minimum Gasteiger partial charge on any atom is -0.384 e. The number of nitrogens with two attached hydrogens (primary N) is 1. The molecule has 1 amide bonds. The first-order valence-electron chi connectivity index (χ1n) is 5.65. The van der Waals surface area contributed by atoms with Crippen LogP contribution in [-0.2, 0) is 9.53 Å². The Bertz CT molecular complexity index is 209. The molecule has 0 aromatic carbocycles. The molecule has 0 aromatic rings. The second-order valence-corrected chi connectivity index (χ2v) is 4.58. The van der Waals surface area contributed by atoms with Crippen molar-refractivity contribution in [3.05, 3.63) is 0 Å². The molecule has 0 radical (unpaired) electrons. The van der Waals surface area contributed by atoms with Crippen LogP contribution in [0, 0.1) is 11.8 Å². The van der Waals surface area contributed by atoms with Crippen molar-refractivity contribution in [3.63, 3.8) is 0 Å². The quantitative estimate of drug-likeness (QED) is 0.701. The van der Waals surface area contributed by atoms with Crippen molar-refractivity contribution in [2.75, 3.05) is 20.3 Å². The van der Waals surface area contributed by atoms with E-state index < -0.39 is 0 Å². The van der Waals surface area contributed by atoms with Gasteiger partial charge in [-0.2, -0.15) is 0 Å². The van der Waals surface area contributed by atoms with Gasteiger partial charge in [-0.05, 0) is 25.2 Å². The number of carbonyl (C=O) groups excluding carboxylic acids is 1. The first-order valence-corrected chi connectivity index (χ1v) is 5.65. The highest BCUT2D eigenvalue weighted by Crippen LogP contribution is 2.23. The van der Waals surface area contributed by atoms with E-state index in [9.17, 15) is 4.79 Å². The maximum atomic E-state index is 11.7. The Morgan fingerprint density at radius 2 is 2.33 bits per heavy atom. The Morgan fingerprint density at radius 3 is 2.87 bits per heavy atom. The summed E-state index contributed by atoms with van der Waals surface area (Å²) < 4.78 is 5.01. The van der Waals surface area contributed by atoms with E-state index in [1.807, 2.05) is 0 Å². The van der Waals surface area contributed by atoms with Crippen LogP contribution < -0.4 is 11.1 Å². The molecule has 88 valence electrons. The van der Waals surface area contributed by atoms with Gasteiger partial charge in [-0.3, -0.25) is 4.79 Å². The maximum Gasteiger partial charge on any atom is 0.223 e. The second-order valence-electron chi connectivity index (χ2n) is 4.58. The fraction of sp³-hybridized carbons (Fsp3) is 0.909. The Hall–Kier alpha value is -0.610. The molecular formula is C11H22N2O2. The van der Waals surface area contributed by atoms with Crippen molar-refractivity contribution >= 4 is 5.91 Å². The number of carbonyl (C=O) groups is 1. The molecule has 15 heavy (non-hydrogen) atoms. The summed E-state index contributed by atoms with van der Waals surface area (Å²) in [5.41, 5.74) is 5.77. The topological polar surface area (TPSA) is 64.3 Å². The molecule has 1 saturated carbocycles. The van der Waals surface area contributed by atoms with Crippen molar-refractivity contribution in [2.45, 2.75) is 32.2 Å². The Kier molecular flexibility index (Phi) is 5.05. The molecule has 0 bridgehead atoms. The van der Waals surface area contributed by atoms with Crippen LogP contribution in [0.15, 0.2) is 0 Å². The third kappa shape index (κ3) is 4.18. The maximum absolute atomic E-state index is 11.7. The van der Waals surface area contributed by atoms with Crippen LogP contribution in [0.25, 0.3) is 0 Å². The molecule has 4 nitrogen and oxygen atoms in total. The first kappa shape index (κ1) is 12.5. The van der Waals surface area contributed by atoms with E-state index in [4.69, 9.17) is 10.5 Å². The summed E-state index contributed by atoms with van der Waals surface area (Å²) in [7, 11) is 1.67. The third-order valence-electron chi connectivity index (χ3n) is 2.92. The normalized spacial score (nSPS) is 27.7. The summed E-state index contributed by atoms with van der Waals surface area (Å²) in [6, 6.07) is 0.220. The van der Waals surface area contributed by atoms with Gasteiger partial charge in [-0.25, -0.2) is 0 Å². The molecule has 1 aliphatic carbocycles. The second kappa shape index (κ2) is 6.08. The zero-order valence-corrected chi connectivity index (χ0v) is 9.66. The summed E-state index contributed by atoms with van der Waals surface area (Å²) in [6.45, 7) is 3.44. The van der Waals surface area contributed by atoms with Gasteiger partial charge in [0.25, 0.3) is 0 Å². The highest BCUT2D eigenvalue weighted by molar-refractivity contribution is 5.78. The Labute approximate surface area is 91.5 Å². The average Bonchev–Trinajstić information content (AvgIpc) is 2.62. The summed E-state index contributed by atoms with van der Waals surface area (Å²) in [4.78, 5) is 11.7. The highest BCUT2D eigenvalue weighted by Gasteiger charge is 2.27. The van der Waals surface area contributed by atoms with Crippen LogP contribution in [0.5, 0.6) is 0 Å². The van der Waals surface area contributed by atoms with Gasteiger partial charge in [0.1, 0.15) is 0 Å². The molecule has 0 heterocycles. The van der Waals surface area contributed by atoms with Gasteiger partial charge in [-0.1, -0.05) is 6.92 Å². The lowest BCUT2D eigenvalue weighted by molar-refractivity contribution is -0.125. The van der Waals surface area contributed by atoms with E-state index in [0.717, 1.165) is 19.3 Å². The number of rotatable bonds is 5. The zero-order valence-electron chi connectivity index (χ0n) is 9.66. The largest absolute Gasteiger partial charge is 0.384 e. The minimum absolute atomic E-state index is 0.134. The first-order chi connectivity index (χ1) is 7.13. The van der Waals surface area contributed by atoms with Gasteiger partial charge in [-0.15, -0.1) is 0 Å². The van der Waals surface area contributed by atoms with Crippen molar-refractivity contribution in [2.24, 2.45) is 17.6 Å². The minimum atomic E-state index is 0.134. The van der Waals surface area contributed by atoms with E-state index in [0.29, 0.717) is 19.1 Å². The predicted octanol–water partition coefficient (Wildman–Crippen LogP) is 0.513. The molecule has 0 aromatic heterocycles. The Balaban J connectivity index is 2.18. The summed E-state index contributed by atoms with van der Waals surface area (Å²) in [5.74, 6) is 0.662. The lowest BCUT2D eigenvalue weighted by atomic mass is 10.1. The van der Waals surface area contributed by atoms with Crippen LogP contribution in [0.1, 0.15) is 26.2 Å². The lowest BCUT2D eigenvalue weighted by Gasteiger charge is -2.14. The van der Waals surface area contributed by atoms with Crippen molar-refractivity contribution in [1.82, 2.24) is 5.32 Å². The number of hydrogen-bond acceptors (Lipinski definition) is 3. The number of hydrogen-bond donors (Lipinski definition) is 2. The van der Waals surface area contributed by atoms with E-state index in [-0.39, 0.29) is 17.9 Å². The number of amides is 1. The van der Waals surface area contributed by atoms with Crippen LogP contribution >= 0.6 is 0 Å². The van der Waals surface area contributed by atoms with Gasteiger partial charge in [0.05, 0.1) is 6.61 Å². The molecule has 3 unspecified atom stereocenters. The molecule has 4 heteroatoms. The molecule has 1 fully saturated rings. The lowest BCUT2D eigenvalue weighted by Crippen LogP contribution is -2.34. The van der Waals surface area contributed by atoms with E-state index >= 15 is 0 Å². The molecule has 0 aliphatic heterocycles. The van der Waals surface area contributed by atoms with Gasteiger partial charge < -0.3 is 15.8 Å². The van der Waals surface area contributed by atoms with E-state index in [1.165, 1.54) is 0 Å². The monoisotopic (exact) mass is 214 g/mol. The summed E-state index contributed by atoms with van der Waals surface area (Å²) >= 11 is 0. The van der Waals surface area contributed by atoms with Crippen molar-refractivity contribution in [1.29, 1.82) is 0 Å². The molecule has 3 atom stereocenters. The van der Waals surface area contributed by atoms with Crippen molar-refractivity contribution < 1.29 is 9.53 Å². The fourth-order valence-corrected chi connectivity index (χ4v) is 2.02. The predicted molar refractivity (Wildman–Crippen MR) is 59.4 cm³/mol.